The van der Waals surface area contributed by atoms with Crippen molar-refractivity contribution >= 4 is 36.8 Å². The van der Waals surface area contributed by atoms with E-state index in [0.29, 0.717) is 16.9 Å². The summed E-state index contributed by atoms with van der Waals surface area (Å²) in [6.45, 7) is 5.19. The fraction of sp³-hybridized carbons (Fsp3) is 0.310. The largest absolute Gasteiger partial charge is 0.480 e. The Kier molecular flexibility index (Phi) is 11.2. The molecule has 1 aromatic heterocycles. The van der Waals surface area contributed by atoms with Gasteiger partial charge in [0, 0.05) is 37.2 Å². The van der Waals surface area contributed by atoms with E-state index in [1.54, 1.807) is 86.9 Å². The van der Waals surface area contributed by atoms with E-state index in [1.165, 1.54) is 14.0 Å². The summed E-state index contributed by atoms with van der Waals surface area (Å²) in [5.41, 5.74) is 1.03. The maximum atomic E-state index is 13.8. The lowest BCUT2D eigenvalue weighted by molar-refractivity contribution is -0.145. The van der Waals surface area contributed by atoms with E-state index in [-0.39, 0.29) is 19.5 Å². The number of methoxy groups -OCH3 is 1. The molecule has 12 nitrogen and oxygen atoms in total. The van der Waals surface area contributed by atoms with E-state index in [0.717, 1.165) is 11.1 Å². The van der Waals surface area contributed by atoms with Crippen molar-refractivity contribution in [2.45, 2.75) is 39.5 Å². The van der Waals surface area contributed by atoms with E-state index < -0.39 is 36.9 Å². The number of nitrogens with zero attached hydrogens (tertiary/aromatic N) is 1. The maximum absolute atomic E-state index is 13.8. The smallest absolute Gasteiger partial charge is 0.407 e. The first-order valence-electron chi connectivity index (χ1n) is 13.1. The Labute approximate surface area is 244 Å². The Hall–Kier alpha value is -4.25. The number of alkyl carbamates (subject to hydrolysis) is 1. The summed E-state index contributed by atoms with van der Waals surface area (Å²) in [6, 6.07) is 16.8. The van der Waals surface area contributed by atoms with Gasteiger partial charge in [0.1, 0.15) is 18.5 Å². The normalized spacial score (nSPS) is 13.8. The molecule has 2 amide bonds. The summed E-state index contributed by atoms with van der Waals surface area (Å²) < 4.78 is 24.1. The number of pyridine rings is 1. The minimum absolute atomic E-state index is 0.0999. The molecule has 0 aliphatic rings. The summed E-state index contributed by atoms with van der Waals surface area (Å²) in [6.07, 6.45) is 2.37. The number of anilines is 2. The van der Waals surface area contributed by atoms with Crippen LogP contribution in [-0.2, 0) is 32.0 Å². The molecular weight excluding hydrogens is 561 g/mol. The summed E-state index contributed by atoms with van der Waals surface area (Å²) in [4.78, 5) is 41.0. The van der Waals surface area contributed by atoms with Crippen molar-refractivity contribution in [3.8, 4) is 0 Å². The number of benzene rings is 2. The quantitative estimate of drug-likeness (QED) is 0.158. The third kappa shape index (κ3) is 8.87. The van der Waals surface area contributed by atoms with Crippen molar-refractivity contribution in [1.29, 1.82) is 0 Å². The molecule has 1 heterocycles. The fourth-order valence-corrected chi connectivity index (χ4v) is 6.02. The van der Waals surface area contributed by atoms with Gasteiger partial charge in [0.25, 0.3) is 13.4 Å². The Morgan fingerprint density at radius 2 is 1.69 bits per heavy atom. The topological polar surface area (TPSA) is 168 Å². The number of amides is 2. The van der Waals surface area contributed by atoms with Crippen molar-refractivity contribution in [1.82, 2.24) is 15.4 Å². The number of carbonyl (C=O) groups excluding carboxylic acids is 2. The molecule has 13 heteroatoms. The molecule has 0 spiro atoms. The third-order valence-electron chi connectivity index (χ3n) is 6.54. The number of rotatable bonds is 14. The van der Waals surface area contributed by atoms with E-state index in [9.17, 15) is 24.1 Å². The van der Waals surface area contributed by atoms with Gasteiger partial charge in [-0.05, 0) is 48.7 Å². The summed E-state index contributed by atoms with van der Waals surface area (Å²) in [5, 5.41) is 20.9. The van der Waals surface area contributed by atoms with Gasteiger partial charge >= 0.3 is 12.1 Å². The molecule has 42 heavy (non-hydrogen) atoms. The van der Waals surface area contributed by atoms with Gasteiger partial charge in [0.05, 0.1) is 11.4 Å². The van der Waals surface area contributed by atoms with E-state index >= 15 is 0 Å². The molecule has 3 rings (SSSR count). The van der Waals surface area contributed by atoms with Crippen LogP contribution in [0.4, 0.5) is 16.2 Å². The highest BCUT2D eigenvalue weighted by Crippen LogP contribution is 2.46. The molecule has 224 valence electrons. The standard InChI is InChI=1S/C29H36N5O7P/c1-20(2)29(3,27(36)37)34-42(39,19-40-4)33-25-10-6-5-9-24(25)32-26(35)23-13-11-21(12-14-23)17-31-28(38)41-18-22-8-7-15-30-16-22/h5-16,20H,17-19H2,1-4H3,(H,31,38)(H,32,35)(H,36,37)(H2,33,34,39). The van der Waals surface area contributed by atoms with Gasteiger partial charge in [0.15, 0.2) is 0 Å². The zero-order chi connectivity index (χ0) is 30.8. The molecule has 2 atom stereocenters. The summed E-state index contributed by atoms with van der Waals surface area (Å²) in [7, 11) is -2.30. The number of para-hydroxylation sites is 2. The number of hydrogen-bond acceptors (Lipinski definition) is 7. The SMILES string of the molecule is COCP(=O)(Nc1ccccc1NC(=O)c1ccc(CNC(=O)OCc2cccnc2)cc1)NC(C)(C(=O)O)C(C)C. The van der Waals surface area contributed by atoms with Gasteiger partial charge in [-0.1, -0.05) is 44.2 Å². The van der Waals surface area contributed by atoms with Crippen LogP contribution in [-0.4, -0.2) is 47.1 Å². The highest BCUT2D eigenvalue weighted by atomic mass is 31.2. The lowest BCUT2D eigenvalue weighted by atomic mass is 9.90. The van der Waals surface area contributed by atoms with Crippen LogP contribution in [0.25, 0.3) is 0 Å². The van der Waals surface area contributed by atoms with Crippen LogP contribution in [0.3, 0.4) is 0 Å². The van der Waals surface area contributed by atoms with Crippen molar-refractivity contribution in [3.05, 3.63) is 89.7 Å². The van der Waals surface area contributed by atoms with Gasteiger partial charge in [-0.2, -0.15) is 0 Å². The predicted octanol–water partition coefficient (Wildman–Crippen LogP) is 5.06. The van der Waals surface area contributed by atoms with Gasteiger partial charge in [-0.25, -0.2) is 9.88 Å². The van der Waals surface area contributed by atoms with Crippen LogP contribution in [0.1, 0.15) is 42.3 Å². The zero-order valence-corrected chi connectivity index (χ0v) is 24.8. The number of hydrogen-bond donors (Lipinski definition) is 5. The molecule has 0 radical (unpaired) electrons. The number of aromatic nitrogens is 1. The fourth-order valence-electron chi connectivity index (χ4n) is 3.78. The number of carboxylic acids is 1. The second-order valence-electron chi connectivity index (χ2n) is 10.0. The third-order valence-corrected chi connectivity index (χ3v) is 8.59. The monoisotopic (exact) mass is 597 g/mol. The predicted molar refractivity (Wildman–Crippen MR) is 159 cm³/mol. The summed E-state index contributed by atoms with van der Waals surface area (Å²) in [5.74, 6) is -1.98. The average molecular weight is 598 g/mol. The Balaban J connectivity index is 1.64. The van der Waals surface area contributed by atoms with Crippen molar-refractivity contribution in [2.75, 3.05) is 23.9 Å². The number of nitrogens with one attached hydrogen (secondary N) is 4. The van der Waals surface area contributed by atoms with Gasteiger partial charge in [-0.15, -0.1) is 0 Å². The molecule has 2 aromatic carbocycles. The second-order valence-corrected chi connectivity index (χ2v) is 12.2. The van der Waals surface area contributed by atoms with Gasteiger partial charge in [0.2, 0.25) is 0 Å². The highest BCUT2D eigenvalue weighted by Gasteiger charge is 2.42. The molecule has 0 aliphatic carbocycles. The number of carbonyl (C=O) groups is 3. The van der Waals surface area contributed by atoms with Gasteiger partial charge in [-0.3, -0.25) is 19.1 Å². The molecule has 2 unspecified atom stereocenters. The van der Waals surface area contributed by atoms with Gasteiger partial charge < -0.3 is 30.3 Å². The lowest BCUT2D eigenvalue weighted by Gasteiger charge is -2.35. The molecule has 0 saturated carbocycles. The first kappa shape index (κ1) is 32.3. The van der Waals surface area contributed by atoms with Crippen molar-refractivity contribution in [3.63, 3.8) is 0 Å². The number of ether oxygens (including phenoxy) is 2. The molecular formula is C29H36N5O7P. The van der Waals surface area contributed by atoms with Crippen LogP contribution >= 0.6 is 7.44 Å². The second kappa shape index (κ2) is 14.6. The first-order valence-corrected chi connectivity index (χ1v) is 15.0. The Morgan fingerprint density at radius 1 is 1.00 bits per heavy atom. The van der Waals surface area contributed by atoms with E-state index in [2.05, 4.69) is 25.8 Å². The molecule has 0 aliphatic heterocycles. The minimum Gasteiger partial charge on any atom is -0.480 e. The van der Waals surface area contributed by atoms with Crippen LogP contribution in [0.15, 0.2) is 73.1 Å². The lowest BCUT2D eigenvalue weighted by Crippen LogP contribution is -2.53. The average Bonchev–Trinajstić information content (AvgIpc) is 2.96. The summed E-state index contributed by atoms with van der Waals surface area (Å²) >= 11 is 0. The molecule has 0 saturated heterocycles. The number of carboxylic acid groups (broad SMARTS) is 1. The van der Waals surface area contributed by atoms with Crippen molar-refractivity contribution < 1.29 is 33.5 Å². The zero-order valence-electron chi connectivity index (χ0n) is 23.9. The molecule has 0 bridgehead atoms. The molecule has 3 aromatic rings. The van der Waals surface area contributed by atoms with Crippen LogP contribution in [0, 0.1) is 5.92 Å². The Bertz CT molecular complexity index is 1420. The van der Waals surface area contributed by atoms with Crippen LogP contribution < -0.4 is 20.8 Å². The first-order chi connectivity index (χ1) is 20.0. The maximum Gasteiger partial charge on any atom is 0.407 e. The van der Waals surface area contributed by atoms with Crippen molar-refractivity contribution in [2.24, 2.45) is 5.92 Å². The van der Waals surface area contributed by atoms with Crippen LogP contribution in [0.2, 0.25) is 0 Å². The van der Waals surface area contributed by atoms with Crippen LogP contribution in [0.5, 0.6) is 0 Å². The van der Waals surface area contributed by atoms with E-state index in [1.807, 2.05) is 0 Å². The van der Waals surface area contributed by atoms with E-state index in [4.69, 9.17) is 9.47 Å². The molecule has 0 fully saturated rings. The Morgan fingerprint density at radius 3 is 2.29 bits per heavy atom. The molecule has 5 N–H and O–H groups in total. The highest BCUT2D eigenvalue weighted by molar-refractivity contribution is 7.63. The number of aliphatic carboxylic acids is 1. The minimum atomic E-state index is -3.66.